The van der Waals surface area contributed by atoms with E-state index in [1.54, 1.807) is 21.3 Å². The minimum Gasteiger partial charge on any atom is -0.496 e. The second kappa shape index (κ2) is 7.91. The maximum atomic E-state index is 10.8. The second-order valence-corrected chi connectivity index (χ2v) is 6.86. The van der Waals surface area contributed by atoms with Gasteiger partial charge in [0.1, 0.15) is 12.0 Å². The molecule has 0 saturated carbocycles. The van der Waals surface area contributed by atoms with Gasteiger partial charge in [-0.05, 0) is 43.9 Å². The van der Waals surface area contributed by atoms with Gasteiger partial charge in [0.2, 0.25) is 0 Å². The van der Waals surface area contributed by atoms with Crippen molar-refractivity contribution in [1.29, 1.82) is 0 Å². The number of hydrogen-bond donors (Lipinski definition) is 0. The Hall–Kier alpha value is -1.71. The Balaban J connectivity index is 2.67. The lowest BCUT2D eigenvalue weighted by Gasteiger charge is -2.37. The molecule has 134 valence electrons. The number of methoxy groups -OCH3 is 3. The minimum atomic E-state index is 0.379. The van der Waals surface area contributed by atoms with Gasteiger partial charge in [-0.1, -0.05) is 13.8 Å². The quantitative estimate of drug-likeness (QED) is 0.683. The molecule has 4 heteroatoms. The highest BCUT2D eigenvalue weighted by Gasteiger charge is 2.36. The van der Waals surface area contributed by atoms with Crippen LogP contribution in [0.1, 0.15) is 68.1 Å². The first-order valence-electron chi connectivity index (χ1n) is 8.77. The van der Waals surface area contributed by atoms with Gasteiger partial charge in [-0.2, -0.15) is 0 Å². The van der Waals surface area contributed by atoms with Crippen molar-refractivity contribution in [2.24, 2.45) is 5.92 Å². The van der Waals surface area contributed by atoms with Gasteiger partial charge in [0.25, 0.3) is 0 Å². The Morgan fingerprint density at radius 1 is 1.04 bits per heavy atom. The summed E-state index contributed by atoms with van der Waals surface area (Å²) >= 11 is 0. The van der Waals surface area contributed by atoms with Crippen molar-refractivity contribution in [2.75, 3.05) is 21.3 Å². The Labute approximate surface area is 145 Å². The van der Waals surface area contributed by atoms with Gasteiger partial charge in [-0.15, -0.1) is 0 Å². The normalized spacial score (nSPS) is 20.9. The molecule has 1 aromatic carbocycles. The van der Waals surface area contributed by atoms with Crippen LogP contribution in [0.2, 0.25) is 0 Å². The third kappa shape index (κ3) is 3.11. The lowest BCUT2D eigenvalue weighted by atomic mass is 9.70. The predicted octanol–water partition coefficient (Wildman–Crippen LogP) is 4.62. The van der Waals surface area contributed by atoms with Gasteiger partial charge in [0.15, 0.2) is 11.5 Å². The second-order valence-electron chi connectivity index (χ2n) is 6.86. The van der Waals surface area contributed by atoms with Crippen molar-refractivity contribution in [3.63, 3.8) is 0 Å². The Morgan fingerprint density at radius 3 is 2.21 bits per heavy atom. The molecule has 1 aromatic rings. The SMILES string of the molecule is COc1c(C)c(OC)c2c(c1OC)[C@@H](C)CC[C@@H]2C(C)CCC=O. The number of benzene rings is 1. The Kier molecular flexibility index (Phi) is 6.14. The minimum absolute atomic E-state index is 0.379. The maximum absolute atomic E-state index is 10.8. The molecule has 1 aliphatic rings. The summed E-state index contributed by atoms with van der Waals surface area (Å²) in [5.74, 6) is 3.72. The van der Waals surface area contributed by atoms with E-state index in [-0.39, 0.29) is 0 Å². The van der Waals surface area contributed by atoms with Crippen LogP contribution in [0.15, 0.2) is 0 Å². The summed E-state index contributed by atoms with van der Waals surface area (Å²) in [6.45, 7) is 6.49. The first-order valence-corrected chi connectivity index (χ1v) is 8.77. The fraction of sp³-hybridized carbons (Fsp3) is 0.650. The summed E-state index contributed by atoms with van der Waals surface area (Å²) in [6, 6.07) is 0. The molecule has 0 amide bonds. The molecule has 2 rings (SSSR count). The monoisotopic (exact) mass is 334 g/mol. The van der Waals surface area contributed by atoms with E-state index in [2.05, 4.69) is 13.8 Å². The highest BCUT2D eigenvalue weighted by molar-refractivity contribution is 5.65. The average molecular weight is 334 g/mol. The van der Waals surface area contributed by atoms with E-state index in [9.17, 15) is 4.79 Å². The van der Waals surface area contributed by atoms with Gasteiger partial charge >= 0.3 is 0 Å². The number of hydrogen-bond acceptors (Lipinski definition) is 4. The van der Waals surface area contributed by atoms with E-state index < -0.39 is 0 Å². The molecule has 0 saturated heterocycles. The molecule has 4 nitrogen and oxygen atoms in total. The lowest BCUT2D eigenvalue weighted by molar-refractivity contribution is -0.108. The third-order valence-corrected chi connectivity index (χ3v) is 5.48. The summed E-state index contributed by atoms with van der Waals surface area (Å²) in [6.07, 6.45) is 4.74. The van der Waals surface area contributed by atoms with Crippen LogP contribution in [-0.4, -0.2) is 27.6 Å². The number of fused-ring (bicyclic) bond motifs is 1. The molecule has 0 radical (unpaired) electrons. The van der Waals surface area contributed by atoms with E-state index in [1.165, 1.54) is 11.1 Å². The zero-order valence-electron chi connectivity index (χ0n) is 15.8. The predicted molar refractivity (Wildman–Crippen MR) is 95.7 cm³/mol. The number of ether oxygens (including phenoxy) is 3. The average Bonchev–Trinajstić information content (AvgIpc) is 2.58. The number of carbonyl (C=O) groups excluding carboxylic acids is 1. The van der Waals surface area contributed by atoms with Crippen LogP contribution in [-0.2, 0) is 4.79 Å². The van der Waals surface area contributed by atoms with Crippen LogP contribution in [0.5, 0.6) is 17.2 Å². The molecular formula is C20H30O4. The van der Waals surface area contributed by atoms with Gasteiger partial charge in [0, 0.05) is 23.1 Å². The van der Waals surface area contributed by atoms with E-state index in [1.807, 2.05) is 6.92 Å². The molecule has 0 heterocycles. The fourth-order valence-corrected chi connectivity index (χ4v) is 4.23. The molecular weight excluding hydrogens is 304 g/mol. The first-order chi connectivity index (χ1) is 11.5. The van der Waals surface area contributed by atoms with Gasteiger partial charge in [-0.25, -0.2) is 0 Å². The zero-order chi connectivity index (χ0) is 17.9. The molecule has 3 atom stereocenters. The summed E-state index contributed by atoms with van der Waals surface area (Å²) < 4.78 is 17.2. The smallest absolute Gasteiger partial charge is 0.167 e. The molecule has 0 fully saturated rings. The van der Waals surface area contributed by atoms with E-state index in [0.29, 0.717) is 24.2 Å². The summed E-state index contributed by atoms with van der Waals surface area (Å²) in [7, 11) is 5.10. The van der Waals surface area contributed by atoms with Crippen LogP contribution in [0.3, 0.4) is 0 Å². The number of rotatable bonds is 7. The first kappa shape index (κ1) is 18.6. The number of aldehydes is 1. The summed E-state index contributed by atoms with van der Waals surface area (Å²) in [5.41, 5.74) is 3.45. The molecule has 0 N–H and O–H groups in total. The molecule has 0 aliphatic heterocycles. The zero-order valence-corrected chi connectivity index (χ0v) is 15.8. The van der Waals surface area contributed by atoms with Crippen molar-refractivity contribution in [2.45, 2.75) is 58.3 Å². The van der Waals surface area contributed by atoms with Crippen LogP contribution in [0.25, 0.3) is 0 Å². The van der Waals surface area contributed by atoms with Gasteiger partial charge in [-0.3, -0.25) is 0 Å². The summed E-state index contributed by atoms with van der Waals surface area (Å²) in [5, 5.41) is 0. The molecule has 24 heavy (non-hydrogen) atoms. The Morgan fingerprint density at radius 2 is 1.67 bits per heavy atom. The van der Waals surface area contributed by atoms with Crippen LogP contribution < -0.4 is 14.2 Å². The largest absolute Gasteiger partial charge is 0.496 e. The molecule has 0 aromatic heterocycles. The summed E-state index contributed by atoms with van der Waals surface area (Å²) in [4.78, 5) is 10.8. The molecule has 1 unspecified atom stereocenters. The van der Waals surface area contributed by atoms with Crippen LogP contribution >= 0.6 is 0 Å². The third-order valence-electron chi connectivity index (χ3n) is 5.48. The number of carbonyl (C=O) groups is 1. The van der Waals surface area contributed by atoms with E-state index in [4.69, 9.17) is 14.2 Å². The topological polar surface area (TPSA) is 44.8 Å². The van der Waals surface area contributed by atoms with Gasteiger partial charge in [0.05, 0.1) is 21.3 Å². The fourth-order valence-electron chi connectivity index (χ4n) is 4.23. The van der Waals surface area contributed by atoms with Crippen LogP contribution in [0, 0.1) is 12.8 Å². The van der Waals surface area contributed by atoms with E-state index in [0.717, 1.165) is 48.4 Å². The van der Waals surface area contributed by atoms with E-state index >= 15 is 0 Å². The van der Waals surface area contributed by atoms with Crippen molar-refractivity contribution in [3.8, 4) is 17.2 Å². The highest BCUT2D eigenvalue weighted by atomic mass is 16.5. The molecule has 0 bridgehead atoms. The molecule has 0 spiro atoms. The Bertz CT molecular complexity index is 594. The van der Waals surface area contributed by atoms with Crippen molar-refractivity contribution in [1.82, 2.24) is 0 Å². The van der Waals surface area contributed by atoms with Crippen molar-refractivity contribution < 1.29 is 19.0 Å². The van der Waals surface area contributed by atoms with Gasteiger partial charge < -0.3 is 19.0 Å². The van der Waals surface area contributed by atoms with Crippen LogP contribution in [0.4, 0.5) is 0 Å². The van der Waals surface area contributed by atoms with Crippen molar-refractivity contribution in [3.05, 3.63) is 16.7 Å². The highest BCUT2D eigenvalue weighted by Crippen LogP contribution is 2.55. The molecule has 1 aliphatic carbocycles. The maximum Gasteiger partial charge on any atom is 0.167 e. The van der Waals surface area contributed by atoms with Crippen molar-refractivity contribution >= 4 is 6.29 Å². The lowest BCUT2D eigenvalue weighted by Crippen LogP contribution is -2.21. The standard InChI is InChI=1S/C20H30O4/c1-12(8-7-11-21)15-10-9-13(2)16-17(15)18(22-4)14(3)19(23-5)20(16)24-6/h11-13,15H,7-10H2,1-6H3/t12?,13-,15+/m0/s1.